The summed E-state index contributed by atoms with van der Waals surface area (Å²) in [6, 6.07) is 20.7. The molecule has 0 fully saturated rings. The SMILES string of the molecule is CCCCCOc1ccc(C2C(C(=O)Nc3ccccc3C)=C(C)Nc3nc(SCc4ccccc4Cl)nn32)cc1OC. The molecule has 0 saturated carbocycles. The Labute approximate surface area is 261 Å². The van der Waals surface area contributed by atoms with E-state index in [1.807, 2.05) is 80.6 Å². The van der Waals surface area contributed by atoms with E-state index in [-0.39, 0.29) is 5.91 Å². The lowest BCUT2D eigenvalue weighted by Gasteiger charge is -2.29. The maximum atomic E-state index is 14.0. The Morgan fingerprint density at radius 2 is 1.86 bits per heavy atom. The first-order valence-corrected chi connectivity index (χ1v) is 15.7. The van der Waals surface area contributed by atoms with E-state index in [1.54, 1.807) is 11.8 Å². The number of hydrogen-bond donors (Lipinski definition) is 2. The molecule has 10 heteroatoms. The van der Waals surface area contributed by atoms with E-state index in [0.29, 0.717) is 51.3 Å². The summed E-state index contributed by atoms with van der Waals surface area (Å²) >= 11 is 7.87. The molecular formula is C33H36ClN5O3S. The number of carbonyl (C=O) groups is 1. The number of fused-ring (bicyclic) bond motifs is 1. The number of ether oxygens (including phenoxy) is 2. The summed E-state index contributed by atoms with van der Waals surface area (Å²) in [6.07, 6.45) is 3.19. The molecule has 1 unspecified atom stereocenters. The van der Waals surface area contributed by atoms with Gasteiger partial charge in [-0.15, -0.1) is 5.10 Å². The van der Waals surface area contributed by atoms with Crippen LogP contribution in [-0.2, 0) is 10.5 Å². The fraction of sp³-hybridized carbons (Fsp3) is 0.303. The largest absolute Gasteiger partial charge is 0.493 e. The van der Waals surface area contributed by atoms with Crippen molar-refractivity contribution < 1.29 is 14.3 Å². The van der Waals surface area contributed by atoms with Gasteiger partial charge in [-0.3, -0.25) is 4.79 Å². The molecule has 0 radical (unpaired) electrons. The van der Waals surface area contributed by atoms with Gasteiger partial charge in [-0.1, -0.05) is 85.6 Å². The van der Waals surface area contributed by atoms with Crippen LogP contribution in [-0.4, -0.2) is 34.4 Å². The Kier molecular flexibility index (Phi) is 9.94. The summed E-state index contributed by atoms with van der Waals surface area (Å²) in [7, 11) is 1.62. The predicted molar refractivity (Wildman–Crippen MR) is 173 cm³/mol. The minimum atomic E-state index is -0.564. The summed E-state index contributed by atoms with van der Waals surface area (Å²) < 4.78 is 13.5. The quantitative estimate of drug-likeness (QED) is 0.123. The maximum absolute atomic E-state index is 14.0. The molecule has 0 aliphatic carbocycles. The van der Waals surface area contributed by atoms with Gasteiger partial charge in [-0.05, 0) is 61.2 Å². The molecule has 0 saturated heterocycles. The highest BCUT2D eigenvalue weighted by molar-refractivity contribution is 7.98. The minimum Gasteiger partial charge on any atom is -0.493 e. The van der Waals surface area contributed by atoms with Gasteiger partial charge in [0.25, 0.3) is 5.91 Å². The van der Waals surface area contributed by atoms with Crippen LogP contribution in [0, 0.1) is 6.92 Å². The highest BCUT2D eigenvalue weighted by atomic mass is 35.5. The van der Waals surface area contributed by atoms with Crippen LogP contribution in [0.4, 0.5) is 11.6 Å². The fourth-order valence-electron chi connectivity index (χ4n) is 4.96. The van der Waals surface area contributed by atoms with E-state index in [2.05, 4.69) is 17.6 Å². The number of aryl methyl sites for hydroxylation is 1. The van der Waals surface area contributed by atoms with Gasteiger partial charge in [-0.2, -0.15) is 4.98 Å². The number of carbonyl (C=O) groups excluding carboxylic acids is 1. The lowest BCUT2D eigenvalue weighted by atomic mass is 9.94. The topological polar surface area (TPSA) is 90.3 Å². The van der Waals surface area contributed by atoms with Crippen LogP contribution in [0.15, 0.2) is 83.2 Å². The van der Waals surface area contributed by atoms with Crippen molar-refractivity contribution in [3.8, 4) is 11.5 Å². The summed E-state index contributed by atoms with van der Waals surface area (Å²) in [5.74, 6) is 2.19. The number of para-hydroxylation sites is 1. The Morgan fingerprint density at radius 1 is 1.07 bits per heavy atom. The smallest absolute Gasteiger partial charge is 0.255 e. The summed E-state index contributed by atoms with van der Waals surface area (Å²) in [4.78, 5) is 18.7. The second kappa shape index (κ2) is 14.0. The second-order valence-corrected chi connectivity index (χ2v) is 11.7. The molecule has 2 heterocycles. The number of hydrogen-bond acceptors (Lipinski definition) is 7. The number of rotatable bonds is 12. The zero-order valence-electron chi connectivity index (χ0n) is 24.8. The lowest BCUT2D eigenvalue weighted by Crippen LogP contribution is -2.31. The summed E-state index contributed by atoms with van der Waals surface area (Å²) in [5, 5.41) is 12.6. The van der Waals surface area contributed by atoms with Gasteiger partial charge in [-0.25, -0.2) is 4.68 Å². The number of anilines is 2. The Bertz CT molecular complexity index is 1640. The van der Waals surface area contributed by atoms with Crippen molar-refractivity contribution in [3.05, 3.63) is 99.7 Å². The van der Waals surface area contributed by atoms with E-state index < -0.39 is 6.04 Å². The average Bonchev–Trinajstić information content (AvgIpc) is 3.41. The molecule has 224 valence electrons. The van der Waals surface area contributed by atoms with E-state index in [4.69, 9.17) is 31.2 Å². The Hall–Kier alpha value is -3.95. The first-order chi connectivity index (χ1) is 20.9. The van der Waals surface area contributed by atoms with Crippen LogP contribution in [0.1, 0.15) is 55.8 Å². The number of unbranched alkanes of at least 4 members (excludes halogenated alkanes) is 2. The number of methoxy groups -OCH3 is 1. The molecule has 1 atom stereocenters. The first-order valence-electron chi connectivity index (χ1n) is 14.4. The van der Waals surface area contributed by atoms with Gasteiger partial charge in [0.1, 0.15) is 6.04 Å². The van der Waals surface area contributed by atoms with Crippen molar-refractivity contribution in [1.82, 2.24) is 14.8 Å². The molecule has 0 bridgehead atoms. The van der Waals surface area contributed by atoms with Crippen molar-refractivity contribution in [2.75, 3.05) is 24.4 Å². The zero-order valence-corrected chi connectivity index (χ0v) is 26.4. The van der Waals surface area contributed by atoms with Crippen molar-refractivity contribution in [2.45, 2.75) is 57.0 Å². The number of nitrogens with one attached hydrogen (secondary N) is 2. The normalized spacial score (nSPS) is 14.2. The van der Waals surface area contributed by atoms with Gasteiger partial charge < -0.3 is 20.1 Å². The third-order valence-corrected chi connectivity index (χ3v) is 8.55. The third-order valence-electron chi connectivity index (χ3n) is 7.29. The number of thioether (sulfide) groups is 1. The minimum absolute atomic E-state index is 0.227. The van der Waals surface area contributed by atoms with E-state index in [1.165, 1.54) is 11.8 Å². The van der Waals surface area contributed by atoms with Crippen molar-refractivity contribution in [2.24, 2.45) is 0 Å². The number of halogens is 1. The highest BCUT2D eigenvalue weighted by Gasteiger charge is 2.35. The van der Waals surface area contributed by atoms with E-state index >= 15 is 0 Å². The van der Waals surface area contributed by atoms with Gasteiger partial charge in [0.05, 0.1) is 19.3 Å². The molecule has 2 N–H and O–H groups in total. The molecule has 43 heavy (non-hydrogen) atoms. The molecule has 1 amide bonds. The Morgan fingerprint density at radius 3 is 2.63 bits per heavy atom. The molecule has 1 aliphatic rings. The van der Waals surface area contributed by atoms with Crippen LogP contribution in [0.2, 0.25) is 5.02 Å². The molecule has 1 aliphatic heterocycles. The van der Waals surface area contributed by atoms with Crippen molar-refractivity contribution in [1.29, 1.82) is 0 Å². The van der Waals surface area contributed by atoms with Gasteiger partial charge >= 0.3 is 0 Å². The predicted octanol–water partition coefficient (Wildman–Crippen LogP) is 8.04. The number of allylic oxidation sites excluding steroid dienone is 1. The molecule has 1 aromatic heterocycles. The molecular weight excluding hydrogens is 582 g/mol. The van der Waals surface area contributed by atoms with Gasteiger partial charge in [0.2, 0.25) is 11.1 Å². The molecule has 5 rings (SSSR count). The second-order valence-electron chi connectivity index (χ2n) is 10.3. The molecule has 4 aromatic rings. The Balaban J connectivity index is 1.51. The van der Waals surface area contributed by atoms with Gasteiger partial charge in [0, 0.05) is 22.2 Å². The number of amides is 1. The first kappa shape index (κ1) is 30.5. The lowest BCUT2D eigenvalue weighted by molar-refractivity contribution is -0.113. The van der Waals surface area contributed by atoms with Crippen LogP contribution < -0.4 is 20.1 Å². The van der Waals surface area contributed by atoms with Gasteiger partial charge in [0.15, 0.2) is 11.5 Å². The highest BCUT2D eigenvalue weighted by Crippen LogP contribution is 2.40. The van der Waals surface area contributed by atoms with Crippen molar-refractivity contribution >= 4 is 40.9 Å². The van der Waals surface area contributed by atoms with Crippen LogP contribution >= 0.6 is 23.4 Å². The number of nitrogens with zero attached hydrogens (tertiary/aromatic N) is 3. The number of benzene rings is 3. The summed E-state index contributed by atoms with van der Waals surface area (Å²) in [5.41, 5.74) is 4.76. The number of aromatic nitrogens is 3. The third kappa shape index (κ3) is 7.00. The van der Waals surface area contributed by atoms with E-state index in [0.717, 1.165) is 41.6 Å². The molecule has 3 aromatic carbocycles. The fourth-order valence-corrected chi connectivity index (χ4v) is 6.08. The van der Waals surface area contributed by atoms with Crippen LogP contribution in [0.5, 0.6) is 11.5 Å². The van der Waals surface area contributed by atoms with Crippen LogP contribution in [0.3, 0.4) is 0 Å². The zero-order chi connectivity index (χ0) is 30.3. The monoisotopic (exact) mass is 617 g/mol. The van der Waals surface area contributed by atoms with Crippen molar-refractivity contribution in [3.63, 3.8) is 0 Å². The summed E-state index contributed by atoms with van der Waals surface area (Å²) in [6.45, 7) is 6.63. The maximum Gasteiger partial charge on any atom is 0.255 e. The standard InChI is InChI=1S/C33H36ClN5O3S/c1-5-6-11-18-42-27-17-16-23(19-28(27)41-4)30-29(31(40)36-26-15-10-7-12-21(26)2)22(3)35-32-37-33(38-39(30)32)43-20-24-13-8-9-14-25(24)34/h7-10,12-17,19,30H,5-6,11,18,20H2,1-4H3,(H,36,40)(H,35,37,38). The molecule has 8 nitrogen and oxygen atoms in total. The van der Waals surface area contributed by atoms with Crippen LogP contribution in [0.25, 0.3) is 0 Å². The molecule has 0 spiro atoms. The average molecular weight is 618 g/mol. The van der Waals surface area contributed by atoms with E-state index in [9.17, 15) is 4.79 Å².